The van der Waals surface area contributed by atoms with Gasteiger partial charge in [0, 0.05) is 11.8 Å². The van der Waals surface area contributed by atoms with E-state index in [0.29, 0.717) is 24.9 Å². The van der Waals surface area contributed by atoms with E-state index in [2.05, 4.69) is 34.2 Å². The van der Waals surface area contributed by atoms with E-state index < -0.39 is 0 Å². The summed E-state index contributed by atoms with van der Waals surface area (Å²) in [5, 5.41) is 3.48. The van der Waals surface area contributed by atoms with Crippen LogP contribution in [-0.2, 0) is 4.79 Å². The van der Waals surface area contributed by atoms with Crippen molar-refractivity contribution in [2.75, 3.05) is 18.5 Å². The third-order valence-electron chi connectivity index (χ3n) is 2.33. The molecule has 0 radical (unpaired) electrons. The highest BCUT2D eigenvalue weighted by Crippen LogP contribution is 2.18. The number of halogens is 1. The fourth-order valence-corrected chi connectivity index (χ4v) is 1.85. The molecule has 0 atom stereocenters. The average molecular weight is 300 g/mol. The zero-order valence-corrected chi connectivity index (χ0v) is 11.8. The van der Waals surface area contributed by atoms with Gasteiger partial charge in [-0.25, -0.2) is 0 Å². The van der Waals surface area contributed by atoms with Crippen LogP contribution in [0.4, 0.5) is 0 Å². The Hall–Kier alpha value is -1.03. The van der Waals surface area contributed by atoms with Crippen molar-refractivity contribution in [3.05, 3.63) is 29.3 Å². The summed E-state index contributed by atoms with van der Waals surface area (Å²) in [5.74, 6) is 0.927. The Bertz CT molecular complexity index is 380. The molecule has 4 heteroatoms. The first-order chi connectivity index (χ1) is 8.13. The van der Waals surface area contributed by atoms with Crippen molar-refractivity contribution < 1.29 is 9.53 Å². The number of alkyl halides is 1. The van der Waals surface area contributed by atoms with Gasteiger partial charge in [0.25, 0.3) is 0 Å². The average Bonchev–Trinajstić information content (AvgIpc) is 2.27. The second-order valence-corrected chi connectivity index (χ2v) is 4.70. The molecule has 1 aromatic carbocycles. The molecule has 0 spiro atoms. The molecule has 0 saturated carbocycles. The molecule has 3 nitrogen and oxygen atoms in total. The maximum atomic E-state index is 11.2. The van der Waals surface area contributed by atoms with Gasteiger partial charge in [-0.2, -0.15) is 0 Å². The van der Waals surface area contributed by atoms with Gasteiger partial charge in [0.05, 0.1) is 6.54 Å². The van der Waals surface area contributed by atoms with E-state index in [-0.39, 0.29) is 5.91 Å². The van der Waals surface area contributed by atoms with Gasteiger partial charge in [0.15, 0.2) is 0 Å². The fourth-order valence-electron chi connectivity index (χ4n) is 1.49. The minimum atomic E-state index is 0.0473. The summed E-state index contributed by atoms with van der Waals surface area (Å²) < 4.78 is 5.59. The predicted molar refractivity (Wildman–Crippen MR) is 72.8 cm³/mol. The predicted octanol–water partition coefficient (Wildman–Crippen LogP) is 2.58. The summed E-state index contributed by atoms with van der Waals surface area (Å²) in [7, 11) is 0. The van der Waals surface area contributed by atoms with E-state index in [1.165, 1.54) is 5.56 Å². The molecule has 1 amide bonds. The molecule has 0 aliphatic rings. The molecule has 0 heterocycles. The Balaban J connectivity index is 2.29. The monoisotopic (exact) mass is 299 g/mol. The van der Waals surface area contributed by atoms with Crippen LogP contribution in [-0.4, -0.2) is 24.4 Å². The molecule has 0 bridgehead atoms. The first-order valence-electron chi connectivity index (χ1n) is 5.66. The Morgan fingerprint density at radius 2 is 2.18 bits per heavy atom. The van der Waals surface area contributed by atoms with Gasteiger partial charge in [-0.05, 0) is 25.5 Å². The van der Waals surface area contributed by atoms with E-state index >= 15 is 0 Å². The second-order valence-electron chi connectivity index (χ2n) is 3.91. The van der Waals surface area contributed by atoms with Crippen LogP contribution in [0.5, 0.6) is 5.75 Å². The van der Waals surface area contributed by atoms with Crippen molar-refractivity contribution in [2.45, 2.75) is 20.3 Å². The lowest BCUT2D eigenvalue weighted by Gasteiger charge is -2.10. The number of amides is 1. The van der Waals surface area contributed by atoms with Crippen molar-refractivity contribution in [1.29, 1.82) is 0 Å². The van der Waals surface area contributed by atoms with E-state index in [4.69, 9.17) is 4.74 Å². The Labute approximate surface area is 111 Å². The number of carbonyl (C=O) groups is 1. The quantitative estimate of drug-likeness (QED) is 0.648. The number of ether oxygens (including phenoxy) is 1. The standard InChI is InChI=1S/C13H18BrNO2/c1-10-3-4-12(11(2)9-10)17-8-7-15-13(16)5-6-14/h3-4,9H,5-8H2,1-2H3,(H,15,16). The molecule has 1 rings (SSSR count). The maximum Gasteiger partial charge on any atom is 0.220 e. The summed E-state index contributed by atoms with van der Waals surface area (Å²) in [5.41, 5.74) is 2.34. The van der Waals surface area contributed by atoms with E-state index in [1.807, 2.05) is 19.1 Å². The van der Waals surface area contributed by atoms with Gasteiger partial charge >= 0.3 is 0 Å². The van der Waals surface area contributed by atoms with Crippen molar-refractivity contribution in [2.24, 2.45) is 0 Å². The van der Waals surface area contributed by atoms with Gasteiger partial charge in [-0.3, -0.25) is 4.79 Å². The van der Waals surface area contributed by atoms with Crippen LogP contribution in [0.2, 0.25) is 0 Å². The lowest BCUT2D eigenvalue weighted by Crippen LogP contribution is -2.28. The zero-order valence-electron chi connectivity index (χ0n) is 10.3. The molecule has 0 aliphatic heterocycles. The van der Waals surface area contributed by atoms with Gasteiger partial charge in [0.2, 0.25) is 5.91 Å². The minimum Gasteiger partial charge on any atom is -0.491 e. The number of hydrogen-bond acceptors (Lipinski definition) is 2. The molecule has 0 unspecified atom stereocenters. The van der Waals surface area contributed by atoms with Gasteiger partial charge in [-0.15, -0.1) is 0 Å². The molecule has 1 aromatic rings. The van der Waals surface area contributed by atoms with Crippen LogP contribution in [0.3, 0.4) is 0 Å². The van der Waals surface area contributed by atoms with Crippen molar-refractivity contribution in [1.82, 2.24) is 5.32 Å². The van der Waals surface area contributed by atoms with Crippen LogP contribution >= 0.6 is 15.9 Å². The first-order valence-corrected chi connectivity index (χ1v) is 6.78. The topological polar surface area (TPSA) is 38.3 Å². The number of aryl methyl sites for hydroxylation is 2. The summed E-state index contributed by atoms with van der Waals surface area (Å²) in [6.45, 7) is 5.11. The highest BCUT2D eigenvalue weighted by molar-refractivity contribution is 9.09. The van der Waals surface area contributed by atoms with Gasteiger partial charge in [-0.1, -0.05) is 33.6 Å². The second kappa shape index (κ2) is 7.33. The van der Waals surface area contributed by atoms with Gasteiger partial charge in [0.1, 0.15) is 12.4 Å². The Morgan fingerprint density at radius 1 is 1.41 bits per heavy atom. The largest absolute Gasteiger partial charge is 0.491 e. The smallest absolute Gasteiger partial charge is 0.220 e. The number of nitrogens with one attached hydrogen (secondary N) is 1. The van der Waals surface area contributed by atoms with Crippen LogP contribution in [0.15, 0.2) is 18.2 Å². The summed E-state index contributed by atoms with van der Waals surface area (Å²) in [6, 6.07) is 6.06. The van der Waals surface area contributed by atoms with Crippen LogP contribution in [0.25, 0.3) is 0 Å². The van der Waals surface area contributed by atoms with Crippen LogP contribution in [0.1, 0.15) is 17.5 Å². The Morgan fingerprint density at radius 3 is 2.82 bits per heavy atom. The number of benzene rings is 1. The van der Waals surface area contributed by atoms with Crippen molar-refractivity contribution in [3.63, 3.8) is 0 Å². The summed E-state index contributed by atoms with van der Waals surface area (Å²) in [4.78, 5) is 11.2. The third kappa shape index (κ3) is 5.22. The zero-order chi connectivity index (χ0) is 12.7. The van der Waals surface area contributed by atoms with Crippen LogP contribution < -0.4 is 10.1 Å². The maximum absolute atomic E-state index is 11.2. The summed E-state index contributed by atoms with van der Waals surface area (Å²) in [6.07, 6.45) is 0.504. The Kier molecular flexibility index (Phi) is 6.05. The number of carbonyl (C=O) groups excluding carboxylic acids is 1. The van der Waals surface area contributed by atoms with E-state index in [9.17, 15) is 4.79 Å². The normalized spacial score (nSPS) is 10.1. The lowest BCUT2D eigenvalue weighted by atomic mass is 10.1. The molecule has 1 N–H and O–H groups in total. The fraction of sp³-hybridized carbons (Fsp3) is 0.462. The molecular formula is C13H18BrNO2. The highest BCUT2D eigenvalue weighted by Gasteiger charge is 2.01. The SMILES string of the molecule is Cc1ccc(OCCNC(=O)CCBr)c(C)c1. The number of hydrogen-bond donors (Lipinski definition) is 1. The lowest BCUT2D eigenvalue weighted by molar-refractivity contribution is -0.120. The summed E-state index contributed by atoms with van der Waals surface area (Å²) >= 11 is 3.22. The number of rotatable bonds is 6. The molecule has 0 aliphatic carbocycles. The molecule has 0 fully saturated rings. The van der Waals surface area contributed by atoms with E-state index in [1.54, 1.807) is 0 Å². The molecule has 94 valence electrons. The molecule has 0 aromatic heterocycles. The molecule has 17 heavy (non-hydrogen) atoms. The van der Waals surface area contributed by atoms with Crippen LogP contribution in [0, 0.1) is 13.8 Å². The van der Waals surface area contributed by atoms with Crippen molar-refractivity contribution >= 4 is 21.8 Å². The van der Waals surface area contributed by atoms with Gasteiger partial charge < -0.3 is 10.1 Å². The first kappa shape index (κ1) is 14.0. The minimum absolute atomic E-state index is 0.0473. The molecule has 0 saturated heterocycles. The highest BCUT2D eigenvalue weighted by atomic mass is 79.9. The molecular weight excluding hydrogens is 282 g/mol. The third-order valence-corrected chi connectivity index (χ3v) is 2.73. The van der Waals surface area contributed by atoms with E-state index in [0.717, 1.165) is 11.3 Å². The van der Waals surface area contributed by atoms with Crippen molar-refractivity contribution in [3.8, 4) is 5.75 Å².